The number of amides is 1. The van der Waals surface area contributed by atoms with Crippen LogP contribution in [0.2, 0.25) is 0 Å². The van der Waals surface area contributed by atoms with Gasteiger partial charge in [0, 0.05) is 18.0 Å². The first-order valence-corrected chi connectivity index (χ1v) is 10.6. The van der Waals surface area contributed by atoms with Crippen LogP contribution >= 0.6 is 0 Å². The van der Waals surface area contributed by atoms with Gasteiger partial charge in [0.1, 0.15) is 18.4 Å². The van der Waals surface area contributed by atoms with Crippen LogP contribution in [-0.4, -0.2) is 30.0 Å². The van der Waals surface area contributed by atoms with E-state index in [4.69, 9.17) is 9.47 Å². The Morgan fingerprint density at radius 2 is 1.67 bits per heavy atom. The highest BCUT2D eigenvalue weighted by Gasteiger charge is 2.23. The van der Waals surface area contributed by atoms with Crippen molar-refractivity contribution in [1.82, 2.24) is 10.3 Å². The number of carbonyl (C=O) groups is 2. The van der Waals surface area contributed by atoms with Gasteiger partial charge in [0.2, 0.25) is 0 Å². The van der Waals surface area contributed by atoms with Crippen LogP contribution in [-0.2, 0) is 22.6 Å². The van der Waals surface area contributed by atoms with Crippen LogP contribution in [0, 0.1) is 0 Å². The molecule has 4 aromatic rings. The first-order chi connectivity index (χ1) is 16.1. The number of aromatic nitrogens is 1. The Morgan fingerprint density at radius 3 is 2.48 bits per heavy atom. The molecule has 4 rings (SSSR count). The molecule has 0 spiro atoms. The van der Waals surface area contributed by atoms with Crippen LogP contribution in [0.1, 0.15) is 21.5 Å². The number of carbonyl (C=O) groups excluding carboxylic acids is 2. The van der Waals surface area contributed by atoms with Crippen LogP contribution in [0.5, 0.6) is 5.75 Å². The number of hydrogen-bond acceptors (Lipinski definition) is 5. The molecule has 0 saturated carbocycles. The number of fused-ring (bicyclic) bond motifs is 1. The second-order valence-electron chi connectivity index (χ2n) is 7.59. The second kappa shape index (κ2) is 10.4. The molecule has 1 heterocycles. The van der Waals surface area contributed by atoms with Crippen molar-refractivity contribution < 1.29 is 19.1 Å². The Bertz CT molecular complexity index is 1260. The number of para-hydroxylation sites is 1. The van der Waals surface area contributed by atoms with E-state index in [9.17, 15) is 9.59 Å². The summed E-state index contributed by atoms with van der Waals surface area (Å²) in [6.07, 6.45) is 1.77. The Hall–Kier alpha value is -4.19. The van der Waals surface area contributed by atoms with E-state index in [0.29, 0.717) is 17.9 Å². The zero-order valence-corrected chi connectivity index (χ0v) is 18.2. The van der Waals surface area contributed by atoms with Gasteiger partial charge < -0.3 is 14.8 Å². The molecule has 0 unspecified atom stereocenters. The standard InChI is InChI=1S/C27H24N2O4/c1-32-27(31)25(29-26(30)22-16-21-11-5-6-13-24(21)28-17-22)15-20-10-7-12-23(14-20)33-18-19-8-3-2-4-9-19/h2-14,16-17,25H,15,18H2,1H3,(H,29,30)/t25-/m0/s1. The largest absolute Gasteiger partial charge is 0.489 e. The molecule has 1 amide bonds. The van der Waals surface area contributed by atoms with Crippen LogP contribution in [0.25, 0.3) is 10.9 Å². The predicted octanol–water partition coefficient (Wildman–Crippen LogP) is 4.33. The quantitative estimate of drug-likeness (QED) is 0.413. The zero-order chi connectivity index (χ0) is 23.0. The summed E-state index contributed by atoms with van der Waals surface area (Å²) in [5.41, 5.74) is 3.08. The lowest BCUT2D eigenvalue weighted by Gasteiger charge is -2.17. The molecule has 166 valence electrons. The van der Waals surface area contributed by atoms with Gasteiger partial charge in [-0.3, -0.25) is 9.78 Å². The van der Waals surface area contributed by atoms with Crippen molar-refractivity contribution in [2.75, 3.05) is 7.11 Å². The molecule has 0 bridgehead atoms. The molecule has 33 heavy (non-hydrogen) atoms. The monoisotopic (exact) mass is 440 g/mol. The molecule has 0 saturated heterocycles. The summed E-state index contributed by atoms with van der Waals surface area (Å²) in [5.74, 6) is -0.224. The number of hydrogen-bond donors (Lipinski definition) is 1. The maximum absolute atomic E-state index is 12.9. The minimum absolute atomic E-state index is 0.266. The third-order valence-electron chi connectivity index (χ3n) is 5.23. The molecule has 1 atom stereocenters. The highest BCUT2D eigenvalue weighted by molar-refractivity contribution is 5.99. The van der Waals surface area contributed by atoms with Crippen LogP contribution in [0.3, 0.4) is 0 Å². The summed E-state index contributed by atoms with van der Waals surface area (Å²) < 4.78 is 10.8. The van der Waals surface area contributed by atoms with Gasteiger partial charge in [-0.25, -0.2) is 4.79 Å². The summed E-state index contributed by atoms with van der Waals surface area (Å²) in [6.45, 7) is 0.441. The zero-order valence-electron chi connectivity index (χ0n) is 18.2. The lowest BCUT2D eigenvalue weighted by molar-refractivity contribution is -0.142. The Balaban J connectivity index is 1.46. The SMILES string of the molecule is COC(=O)[C@H](Cc1cccc(OCc2ccccc2)c1)NC(=O)c1cnc2ccccc2c1. The topological polar surface area (TPSA) is 77.5 Å². The number of nitrogens with one attached hydrogen (secondary N) is 1. The van der Waals surface area contributed by atoms with Gasteiger partial charge in [0.05, 0.1) is 18.2 Å². The maximum Gasteiger partial charge on any atom is 0.328 e. The van der Waals surface area contributed by atoms with E-state index in [2.05, 4.69) is 10.3 Å². The molecule has 0 aliphatic heterocycles. The fourth-order valence-electron chi connectivity index (χ4n) is 3.51. The van der Waals surface area contributed by atoms with Crippen LogP contribution in [0.15, 0.2) is 91.1 Å². The van der Waals surface area contributed by atoms with Gasteiger partial charge in [-0.2, -0.15) is 0 Å². The summed E-state index contributed by atoms with van der Waals surface area (Å²) in [4.78, 5) is 29.6. The second-order valence-corrected chi connectivity index (χ2v) is 7.59. The average Bonchev–Trinajstić information content (AvgIpc) is 2.87. The number of ether oxygens (including phenoxy) is 2. The van der Waals surface area contributed by atoms with E-state index in [1.54, 1.807) is 6.07 Å². The fourth-order valence-corrected chi connectivity index (χ4v) is 3.51. The normalized spacial score (nSPS) is 11.5. The molecule has 0 aliphatic rings. The molecule has 1 aromatic heterocycles. The van der Waals surface area contributed by atoms with E-state index in [0.717, 1.165) is 22.0 Å². The smallest absolute Gasteiger partial charge is 0.328 e. The number of pyridine rings is 1. The van der Waals surface area contributed by atoms with Crippen molar-refractivity contribution >= 4 is 22.8 Å². The minimum atomic E-state index is -0.849. The number of nitrogens with zero attached hydrogens (tertiary/aromatic N) is 1. The van der Waals surface area contributed by atoms with E-state index >= 15 is 0 Å². The molecule has 3 aromatic carbocycles. The van der Waals surface area contributed by atoms with Crippen molar-refractivity contribution in [3.63, 3.8) is 0 Å². The van der Waals surface area contributed by atoms with Gasteiger partial charge in [-0.1, -0.05) is 60.7 Å². The van der Waals surface area contributed by atoms with Crippen molar-refractivity contribution in [2.24, 2.45) is 0 Å². The number of methoxy groups -OCH3 is 1. The maximum atomic E-state index is 12.9. The lowest BCUT2D eigenvalue weighted by Crippen LogP contribution is -2.43. The molecular weight excluding hydrogens is 416 g/mol. The fraction of sp³-hybridized carbons (Fsp3) is 0.148. The summed E-state index contributed by atoms with van der Waals surface area (Å²) >= 11 is 0. The molecule has 0 radical (unpaired) electrons. The van der Waals surface area contributed by atoms with Crippen molar-refractivity contribution in [3.05, 3.63) is 108 Å². The van der Waals surface area contributed by atoms with E-state index in [1.165, 1.54) is 13.3 Å². The summed E-state index contributed by atoms with van der Waals surface area (Å²) in [7, 11) is 1.30. The van der Waals surface area contributed by atoms with Crippen molar-refractivity contribution in [3.8, 4) is 5.75 Å². The van der Waals surface area contributed by atoms with Gasteiger partial charge >= 0.3 is 5.97 Å². The minimum Gasteiger partial charge on any atom is -0.489 e. The third kappa shape index (κ3) is 5.74. The van der Waals surface area contributed by atoms with E-state index in [1.807, 2.05) is 78.9 Å². The van der Waals surface area contributed by atoms with Crippen molar-refractivity contribution in [1.29, 1.82) is 0 Å². The van der Waals surface area contributed by atoms with E-state index in [-0.39, 0.29) is 12.3 Å². The first-order valence-electron chi connectivity index (χ1n) is 10.6. The van der Waals surface area contributed by atoms with Gasteiger partial charge in [-0.05, 0) is 35.4 Å². The summed E-state index contributed by atoms with van der Waals surface area (Å²) in [6, 6.07) is 25.8. The molecule has 6 heteroatoms. The Kier molecular flexibility index (Phi) is 6.95. The molecule has 0 fully saturated rings. The van der Waals surface area contributed by atoms with E-state index < -0.39 is 12.0 Å². The highest BCUT2D eigenvalue weighted by atomic mass is 16.5. The average molecular weight is 440 g/mol. The third-order valence-corrected chi connectivity index (χ3v) is 5.23. The molecule has 0 aliphatic carbocycles. The lowest BCUT2D eigenvalue weighted by atomic mass is 10.0. The van der Waals surface area contributed by atoms with Gasteiger partial charge in [0.25, 0.3) is 5.91 Å². The molecule has 6 nitrogen and oxygen atoms in total. The number of rotatable bonds is 8. The summed E-state index contributed by atoms with van der Waals surface area (Å²) in [5, 5.41) is 3.63. The van der Waals surface area contributed by atoms with Crippen LogP contribution < -0.4 is 10.1 Å². The van der Waals surface area contributed by atoms with Gasteiger partial charge in [-0.15, -0.1) is 0 Å². The molecular formula is C27H24N2O4. The Labute approximate surface area is 192 Å². The Morgan fingerprint density at radius 1 is 0.909 bits per heavy atom. The highest BCUT2D eigenvalue weighted by Crippen LogP contribution is 2.18. The molecule has 1 N–H and O–H groups in total. The number of esters is 1. The predicted molar refractivity (Wildman–Crippen MR) is 126 cm³/mol. The first kappa shape index (κ1) is 22.0. The van der Waals surface area contributed by atoms with Crippen LogP contribution in [0.4, 0.5) is 0 Å². The van der Waals surface area contributed by atoms with Crippen molar-refractivity contribution in [2.45, 2.75) is 19.1 Å². The van der Waals surface area contributed by atoms with Gasteiger partial charge in [0.15, 0.2) is 0 Å². The number of benzene rings is 3.